The van der Waals surface area contributed by atoms with Gasteiger partial charge in [-0.2, -0.15) is 0 Å². The smallest absolute Gasteiger partial charge is 0.234 e. The number of likely N-dealkylation sites (N-methyl/N-ethyl adjacent to an activating group) is 1. The average molecular weight is 290 g/mol. The zero-order valence-electron chi connectivity index (χ0n) is 13.0. The van der Waals surface area contributed by atoms with Crippen LogP contribution in [0.2, 0.25) is 0 Å². The zero-order chi connectivity index (χ0) is 15.1. The summed E-state index contributed by atoms with van der Waals surface area (Å²) >= 11 is 0. The molecule has 1 unspecified atom stereocenters. The van der Waals surface area contributed by atoms with Gasteiger partial charge in [0.1, 0.15) is 0 Å². The summed E-state index contributed by atoms with van der Waals surface area (Å²) in [6.07, 6.45) is 0. The molecule has 5 nitrogen and oxygen atoms in total. The van der Waals surface area contributed by atoms with Crippen LogP contribution in [-0.4, -0.2) is 69.1 Å². The van der Waals surface area contributed by atoms with Crippen molar-refractivity contribution in [1.29, 1.82) is 0 Å². The number of carbonyl (C=O) groups is 1. The van der Waals surface area contributed by atoms with Gasteiger partial charge in [0.05, 0.1) is 12.6 Å². The van der Waals surface area contributed by atoms with Crippen molar-refractivity contribution in [1.82, 2.24) is 20.4 Å². The molecule has 2 N–H and O–H groups in total. The fourth-order valence-corrected chi connectivity index (χ4v) is 2.60. The fourth-order valence-electron chi connectivity index (χ4n) is 2.60. The zero-order valence-corrected chi connectivity index (χ0v) is 13.0. The number of rotatable bonds is 6. The van der Waals surface area contributed by atoms with E-state index in [0.717, 1.165) is 38.3 Å². The van der Waals surface area contributed by atoms with Gasteiger partial charge in [0.2, 0.25) is 5.91 Å². The van der Waals surface area contributed by atoms with Crippen LogP contribution in [0.4, 0.5) is 0 Å². The lowest BCUT2D eigenvalue weighted by Gasteiger charge is -2.28. The van der Waals surface area contributed by atoms with E-state index in [0.29, 0.717) is 6.54 Å². The monoisotopic (exact) mass is 290 g/mol. The van der Waals surface area contributed by atoms with Crippen molar-refractivity contribution in [2.45, 2.75) is 6.04 Å². The molecule has 116 valence electrons. The number of amides is 1. The molecule has 0 spiro atoms. The summed E-state index contributed by atoms with van der Waals surface area (Å²) in [6.45, 7) is 5.10. The van der Waals surface area contributed by atoms with Gasteiger partial charge in [0.25, 0.3) is 0 Å². The molecule has 1 fully saturated rings. The molecule has 5 heteroatoms. The lowest BCUT2D eigenvalue weighted by atomic mass is 10.1. The van der Waals surface area contributed by atoms with Gasteiger partial charge in [0, 0.05) is 32.7 Å². The second kappa shape index (κ2) is 8.12. The highest BCUT2D eigenvalue weighted by atomic mass is 16.2. The molecule has 2 rings (SSSR count). The number of nitrogens with zero attached hydrogens (tertiary/aromatic N) is 2. The van der Waals surface area contributed by atoms with Crippen LogP contribution in [0.1, 0.15) is 11.6 Å². The molecule has 21 heavy (non-hydrogen) atoms. The Morgan fingerprint density at radius 3 is 2.57 bits per heavy atom. The summed E-state index contributed by atoms with van der Waals surface area (Å²) in [6, 6.07) is 10.2. The minimum absolute atomic E-state index is 0.0385. The third kappa shape index (κ3) is 5.46. The van der Waals surface area contributed by atoms with Crippen molar-refractivity contribution >= 4 is 5.91 Å². The van der Waals surface area contributed by atoms with Crippen LogP contribution in [-0.2, 0) is 4.79 Å². The van der Waals surface area contributed by atoms with E-state index in [4.69, 9.17) is 0 Å². The third-order valence-corrected chi connectivity index (χ3v) is 3.66. The van der Waals surface area contributed by atoms with E-state index in [9.17, 15) is 4.79 Å². The maximum Gasteiger partial charge on any atom is 0.234 e. The van der Waals surface area contributed by atoms with Gasteiger partial charge >= 0.3 is 0 Å². The van der Waals surface area contributed by atoms with Crippen LogP contribution in [0.25, 0.3) is 0 Å². The Labute approximate surface area is 127 Å². The van der Waals surface area contributed by atoms with Crippen molar-refractivity contribution in [3.8, 4) is 0 Å². The molecule has 0 aromatic heterocycles. The molecule has 1 aliphatic heterocycles. The molecule has 1 aromatic rings. The van der Waals surface area contributed by atoms with E-state index in [1.54, 1.807) is 0 Å². The molecule has 1 amide bonds. The Hall–Kier alpha value is -1.43. The highest BCUT2D eigenvalue weighted by Crippen LogP contribution is 2.13. The van der Waals surface area contributed by atoms with E-state index in [1.807, 2.05) is 32.3 Å². The predicted octanol–water partition coefficient (Wildman–Crippen LogP) is 0.311. The lowest BCUT2D eigenvalue weighted by molar-refractivity contribution is -0.123. The van der Waals surface area contributed by atoms with Crippen LogP contribution in [0.15, 0.2) is 30.3 Å². The van der Waals surface area contributed by atoms with Gasteiger partial charge < -0.3 is 15.5 Å². The molecule has 1 aromatic carbocycles. The van der Waals surface area contributed by atoms with Crippen LogP contribution in [0.5, 0.6) is 0 Å². The lowest BCUT2D eigenvalue weighted by Crippen LogP contribution is -2.48. The van der Waals surface area contributed by atoms with Crippen LogP contribution < -0.4 is 10.6 Å². The molecule has 1 atom stereocenters. The van der Waals surface area contributed by atoms with E-state index in [-0.39, 0.29) is 11.9 Å². The first-order valence-electron chi connectivity index (χ1n) is 7.57. The van der Waals surface area contributed by atoms with E-state index in [2.05, 4.69) is 32.6 Å². The van der Waals surface area contributed by atoms with Crippen LogP contribution in [0.3, 0.4) is 0 Å². The quantitative estimate of drug-likeness (QED) is 0.792. The molecule has 1 heterocycles. The van der Waals surface area contributed by atoms with Gasteiger partial charge in [-0.15, -0.1) is 0 Å². The number of hydrogen-bond acceptors (Lipinski definition) is 4. The van der Waals surface area contributed by atoms with Crippen LogP contribution in [0, 0.1) is 0 Å². The topological polar surface area (TPSA) is 47.6 Å². The van der Waals surface area contributed by atoms with E-state index < -0.39 is 0 Å². The number of benzene rings is 1. The fraction of sp³-hybridized carbons (Fsp3) is 0.562. The number of carbonyl (C=O) groups excluding carboxylic acids is 1. The Morgan fingerprint density at radius 1 is 1.29 bits per heavy atom. The van der Waals surface area contributed by atoms with Gasteiger partial charge in [-0.1, -0.05) is 30.3 Å². The van der Waals surface area contributed by atoms with Crippen molar-refractivity contribution in [3.63, 3.8) is 0 Å². The Morgan fingerprint density at radius 2 is 1.95 bits per heavy atom. The summed E-state index contributed by atoms with van der Waals surface area (Å²) < 4.78 is 0. The normalized spacial score (nSPS) is 17.7. The Bertz CT molecular complexity index is 429. The first-order valence-corrected chi connectivity index (χ1v) is 7.57. The third-order valence-electron chi connectivity index (χ3n) is 3.66. The van der Waals surface area contributed by atoms with Crippen molar-refractivity contribution < 1.29 is 4.79 Å². The second-order valence-corrected chi connectivity index (χ2v) is 5.82. The number of nitrogens with one attached hydrogen (secondary N) is 2. The molecule has 0 aliphatic carbocycles. The minimum atomic E-state index is 0.0385. The van der Waals surface area contributed by atoms with E-state index in [1.165, 1.54) is 0 Å². The second-order valence-electron chi connectivity index (χ2n) is 5.82. The first kappa shape index (κ1) is 15.9. The minimum Gasteiger partial charge on any atom is -0.347 e. The SMILES string of the molecule is CN(C)CC(NC(=O)CN1CCNCC1)c1ccccc1. The molecule has 0 saturated carbocycles. The predicted molar refractivity (Wildman–Crippen MR) is 85.2 cm³/mol. The van der Waals surface area contributed by atoms with Crippen molar-refractivity contribution in [2.24, 2.45) is 0 Å². The average Bonchev–Trinajstić information content (AvgIpc) is 2.48. The first-order chi connectivity index (χ1) is 10.1. The van der Waals surface area contributed by atoms with Gasteiger partial charge in [0.15, 0.2) is 0 Å². The van der Waals surface area contributed by atoms with Gasteiger partial charge in [-0.3, -0.25) is 9.69 Å². The summed E-state index contributed by atoms with van der Waals surface area (Å²) in [4.78, 5) is 16.6. The Kier molecular flexibility index (Phi) is 6.17. The largest absolute Gasteiger partial charge is 0.347 e. The van der Waals surface area contributed by atoms with E-state index >= 15 is 0 Å². The maximum atomic E-state index is 12.3. The summed E-state index contributed by atoms with van der Waals surface area (Å²) in [5.41, 5.74) is 1.15. The summed E-state index contributed by atoms with van der Waals surface area (Å²) in [5, 5.41) is 6.47. The van der Waals surface area contributed by atoms with Crippen molar-refractivity contribution in [2.75, 3.05) is 53.4 Å². The number of piperazine rings is 1. The Balaban J connectivity index is 1.92. The highest BCUT2D eigenvalue weighted by molar-refractivity contribution is 5.78. The molecule has 0 radical (unpaired) electrons. The molecule has 1 saturated heterocycles. The summed E-state index contributed by atoms with van der Waals surface area (Å²) in [5.74, 6) is 0.104. The van der Waals surface area contributed by atoms with Crippen molar-refractivity contribution in [3.05, 3.63) is 35.9 Å². The standard InChI is InChI=1S/C16H26N4O/c1-19(2)12-15(14-6-4-3-5-7-14)18-16(21)13-20-10-8-17-9-11-20/h3-7,15,17H,8-13H2,1-2H3,(H,18,21). The highest BCUT2D eigenvalue weighted by Gasteiger charge is 2.18. The molecule has 0 bridgehead atoms. The van der Waals surface area contributed by atoms with Crippen LogP contribution >= 0.6 is 0 Å². The summed E-state index contributed by atoms with van der Waals surface area (Å²) in [7, 11) is 4.05. The maximum absolute atomic E-state index is 12.3. The molecular formula is C16H26N4O. The number of hydrogen-bond donors (Lipinski definition) is 2. The van der Waals surface area contributed by atoms with Gasteiger partial charge in [-0.25, -0.2) is 0 Å². The molecular weight excluding hydrogens is 264 g/mol. The van der Waals surface area contributed by atoms with Gasteiger partial charge in [-0.05, 0) is 19.7 Å². The molecule has 1 aliphatic rings.